The van der Waals surface area contributed by atoms with Crippen molar-refractivity contribution in [3.63, 3.8) is 0 Å². The first-order chi connectivity index (χ1) is 11.5. The third kappa shape index (κ3) is 5.98. The molecule has 8 heteroatoms. The number of carbonyl (C=O) groups excluding carboxylic acids is 3. The van der Waals surface area contributed by atoms with Crippen LogP contribution in [0.2, 0.25) is 0 Å². The summed E-state index contributed by atoms with van der Waals surface area (Å²) in [5.74, 6) is -1.74. The maximum absolute atomic E-state index is 12.2. The highest BCUT2D eigenvalue weighted by Gasteiger charge is 2.30. The highest BCUT2D eigenvalue weighted by atomic mass is 16.7. The van der Waals surface area contributed by atoms with Crippen LogP contribution in [0.15, 0.2) is 30.3 Å². The Morgan fingerprint density at radius 3 is 2.33 bits per heavy atom. The Morgan fingerprint density at radius 1 is 1.12 bits per heavy atom. The van der Waals surface area contributed by atoms with Crippen LogP contribution in [-0.4, -0.2) is 56.3 Å². The summed E-state index contributed by atoms with van der Waals surface area (Å²) in [5.41, 5.74) is 5.86. The normalized spacial score (nSPS) is 11.7. The van der Waals surface area contributed by atoms with Gasteiger partial charge in [-0.25, -0.2) is 4.79 Å². The first-order valence-electron chi connectivity index (χ1n) is 7.42. The van der Waals surface area contributed by atoms with Crippen LogP contribution >= 0.6 is 0 Å². The SMILES string of the molecule is COC(=O)CCC(C(=O)OC)N(CCN)OC(=O)c1ccccc1. The maximum atomic E-state index is 12.2. The summed E-state index contributed by atoms with van der Waals surface area (Å²) in [6.45, 7) is 0.257. The van der Waals surface area contributed by atoms with Crippen molar-refractivity contribution < 1.29 is 28.7 Å². The summed E-state index contributed by atoms with van der Waals surface area (Å²) in [4.78, 5) is 40.8. The number of hydroxylamine groups is 2. The van der Waals surface area contributed by atoms with Crippen LogP contribution in [0, 0.1) is 0 Å². The third-order valence-electron chi connectivity index (χ3n) is 3.23. The molecule has 0 bridgehead atoms. The third-order valence-corrected chi connectivity index (χ3v) is 3.23. The van der Waals surface area contributed by atoms with E-state index in [1.54, 1.807) is 30.3 Å². The number of carbonyl (C=O) groups is 3. The molecular weight excluding hydrogens is 316 g/mol. The molecule has 0 saturated heterocycles. The topological polar surface area (TPSA) is 108 Å². The lowest BCUT2D eigenvalue weighted by Gasteiger charge is -2.27. The summed E-state index contributed by atoms with van der Waals surface area (Å²) in [7, 11) is 2.47. The van der Waals surface area contributed by atoms with Crippen molar-refractivity contribution in [2.45, 2.75) is 18.9 Å². The summed E-state index contributed by atoms with van der Waals surface area (Å²) in [5, 5.41) is 1.14. The van der Waals surface area contributed by atoms with Gasteiger partial charge in [0, 0.05) is 19.5 Å². The fourth-order valence-corrected chi connectivity index (χ4v) is 2.00. The molecule has 24 heavy (non-hydrogen) atoms. The summed E-state index contributed by atoms with van der Waals surface area (Å²) >= 11 is 0. The van der Waals surface area contributed by atoms with Crippen LogP contribution in [0.5, 0.6) is 0 Å². The fraction of sp³-hybridized carbons (Fsp3) is 0.438. The van der Waals surface area contributed by atoms with Crippen LogP contribution in [-0.2, 0) is 23.9 Å². The molecule has 0 aliphatic rings. The van der Waals surface area contributed by atoms with Crippen LogP contribution in [0.3, 0.4) is 0 Å². The van der Waals surface area contributed by atoms with Gasteiger partial charge in [0.15, 0.2) is 0 Å². The molecule has 0 amide bonds. The molecule has 1 aromatic carbocycles. The van der Waals surface area contributed by atoms with E-state index in [1.165, 1.54) is 14.2 Å². The van der Waals surface area contributed by atoms with Gasteiger partial charge in [-0.05, 0) is 18.6 Å². The number of benzene rings is 1. The Morgan fingerprint density at radius 2 is 1.79 bits per heavy atom. The molecule has 0 aliphatic carbocycles. The maximum Gasteiger partial charge on any atom is 0.357 e. The second-order valence-corrected chi connectivity index (χ2v) is 4.83. The zero-order chi connectivity index (χ0) is 17.9. The molecule has 1 atom stereocenters. The Bertz CT molecular complexity index is 549. The smallest absolute Gasteiger partial charge is 0.357 e. The Kier molecular flexibility index (Phi) is 8.45. The fourth-order valence-electron chi connectivity index (χ4n) is 2.00. The number of hydrogen-bond acceptors (Lipinski definition) is 8. The van der Waals surface area contributed by atoms with E-state index >= 15 is 0 Å². The van der Waals surface area contributed by atoms with Gasteiger partial charge in [0.05, 0.1) is 19.8 Å². The zero-order valence-corrected chi connectivity index (χ0v) is 13.8. The predicted molar refractivity (Wildman–Crippen MR) is 84.7 cm³/mol. The molecule has 2 N–H and O–H groups in total. The Labute approximate surface area is 140 Å². The van der Waals surface area contributed by atoms with Gasteiger partial charge in [0.2, 0.25) is 0 Å². The van der Waals surface area contributed by atoms with E-state index in [9.17, 15) is 14.4 Å². The molecule has 0 fully saturated rings. The van der Waals surface area contributed by atoms with Gasteiger partial charge in [-0.15, -0.1) is 5.06 Å². The number of hydrogen-bond donors (Lipinski definition) is 1. The van der Waals surface area contributed by atoms with Crippen LogP contribution in [0.25, 0.3) is 0 Å². The van der Waals surface area contributed by atoms with Crippen molar-refractivity contribution >= 4 is 17.9 Å². The van der Waals surface area contributed by atoms with Gasteiger partial charge < -0.3 is 20.0 Å². The highest BCUT2D eigenvalue weighted by molar-refractivity contribution is 5.89. The quantitative estimate of drug-likeness (QED) is 0.513. The molecule has 0 radical (unpaired) electrons. The van der Waals surface area contributed by atoms with Crippen LogP contribution in [0.1, 0.15) is 23.2 Å². The van der Waals surface area contributed by atoms with Crippen molar-refractivity contribution in [1.29, 1.82) is 0 Å². The van der Waals surface area contributed by atoms with Gasteiger partial charge in [-0.3, -0.25) is 9.59 Å². The minimum Gasteiger partial charge on any atom is -0.469 e. The molecule has 132 valence electrons. The number of nitrogens with two attached hydrogens (primary N) is 1. The molecular formula is C16H22N2O6. The van der Waals surface area contributed by atoms with E-state index in [4.69, 9.17) is 15.3 Å². The van der Waals surface area contributed by atoms with Crippen LogP contribution < -0.4 is 5.73 Å². The molecule has 1 unspecified atom stereocenters. The minimum absolute atomic E-state index is 0.0276. The van der Waals surface area contributed by atoms with E-state index in [1.807, 2.05) is 0 Å². The number of nitrogens with zero attached hydrogens (tertiary/aromatic N) is 1. The van der Waals surface area contributed by atoms with E-state index < -0.39 is 23.9 Å². The second-order valence-electron chi connectivity index (χ2n) is 4.83. The van der Waals surface area contributed by atoms with Crippen molar-refractivity contribution in [2.24, 2.45) is 5.73 Å². The largest absolute Gasteiger partial charge is 0.469 e. The van der Waals surface area contributed by atoms with E-state index in [-0.39, 0.29) is 25.9 Å². The average Bonchev–Trinajstić information content (AvgIpc) is 2.61. The van der Waals surface area contributed by atoms with E-state index in [2.05, 4.69) is 4.74 Å². The van der Waals surface area contributed by atoms with Crippen molar-refractivity contribution in [1.82, 2.24) is 5.06 Å². The average molecular weight is 338 g/mol. The van der Waals surface area contributed by atoms with E-state index in [0.29, 0.717) is 5.56 Å². The summed E-state index contributed by atoms with van der Waals surface area (Å²) in [6, 6.07) is 7.37. The number of esters is 2. The Balaban J connectivity index is 2.87. The number of methoxy groups -OCH3 is 2. The molecule has 8 nitrogen and oxygen atoms in total. The lowest BCUT2D eigenvalue weighted by Crippen LogP contribution is -2.45. The monoisotopic (exact) mass is 338 g/mol. The van der Waals surface area contributed by atoms with Gasteiger partial charge >= 0.3 is 17.9 Å². The molecule has 1 aromatic rings. The molecule has 0 heterocycles. The predicted octanol–water partition coefficient (Wildman–Crippen LogP) is 0.514. The van der Waals surface area contributed by atoms with E-state index in [0.717, 1.165) is 5.06 Å². The summed E-state index contributed by atoms with van der Waals surface area (Å²) < 4.78 is 9.29. The first kappa shape index (κ1) is 19.6. The standard InChI is InChI=1S/C16H22N2O6/c1-22-14(19)9-8-13(16(21)23-2)18(11-10-17)24-15(20)12-6-4-3-5-7-12/h3-7,13H,8-11,17H2,1-2H3. The lowest BCUT2D eigenvalue weighted by molar-refractivity contribution is -0.175. The highest BCUT2D eigenvalue weighted by Crippen LogP contribution is 2.13. The zero-order valence-electron chi connectivity index (χ0n) is 13.8. The number of rotatable bonds is 9. The first-order valence-corrected chi connectivity index (χ1v) is 7.42. The van der Waals surface area contributed by atoms with Gasteiger partial charge in [0.25, 0.3) is 0 Å². The number of ether oxygens (including phenoxy) is 2. The molecule has 0 spiro atoms. The lowest BCUT2D eigenvalue weighted by atomic mass is 10.1. The molecule has 1 rings (SSSR count). The van der Waals surface area contributed by atoms with Crippen LogP contribution in [0.4, 0.5) is 0 Å². The minimum atomic E-state index is -0.953. The van der Waals surface area contributed by atoms with Gasteiger partial charge in [0.1, 0.15) is 6.04 Å². The summed E-state index contributed by atoms with van der Waals surface area (Å²) in [6.07, 6.45) is 0.0433. The van der Waals surface area contributed by atoms with Gasteiger partial charge in [-0.1, -0.05) is 18.2 Å². The molecule has 0 saturated carbocycles. The van der Waals surface area contributed by atoms with Gasteiger partial charge in [-0.2, -0.15) is 0 Å². The van der Waals surface area contributed by atoms with Crippen molar-refractivity contribution in [3.05, 3.63) is 35.9 Å². The second kappa shape index (κ2) is 10.3. The van der Waals surface area contributed by atoms with Crippen molar-refractivity contribution in [3.8, 4) is 0 Å². The Hall–Kier alpha value is -2.45. The van der Waals surface area contributed by atoms with Crippen molar-refractivity contribution in [2.75, 3.05) is 27.3 Å². The molecule has 0 aliphatic heterocycles. The molecule has 0 aromatic heterocycles.